The third-order valence-corrected chi connectivity index (χ3v) is 4.48. The van der Waals surface area contributed by atoms with E-state index < -0.39 is 10.1 Å². The molecule has 0 spiro atoms. The number of hydrogen-bond donors (Lipinski definition) is 1. The molecule has 1 aliphatic rings. The zero-order valence-corrected chi connectivity index (χ0v) is 12.3. The highest BCUT2D eigenvalue weighted by Crippen LogP contribution is 2.40. The van der Waals surface area contributed by atoms with Gasteiger partial charge in [0.1, 0.15) is 7.05 Å². The van der Waals surface area contributed by atoms with Crippen LogP contribution < -0.4 is 0 Å². The summed E-state index contributed by atoms with van der Waals surface area (Å²) in [7, 11) is -2.21. The van der Waals surface area contributed by atoms with E-state index in [1.165, 1.54) is 6.07 Å². The third kappa shape index (κ3) is 2.13. The Labute approximate surface area is 113 Å². The number of allylic oxidation sites excluding steroid dienone is 2. The highest BCUT2D eigenvalue weighted by Gasteiger charge is 2.43. The lowest BCUT2D eigenvalue weighted by atomic mass is 9.81. The molecule has 4 nitrogen and oxygen atoms in total. The molecule has 1 aliphatic heterocycles. The highest BCUT2D eigenvalue weighted by atomic mass is 32.2. The molecule has 0 atom stereocenters. The second-order valence-corrected chi connectivity index (χ2v) is 6.64. The standard InChI is InChI=1S/C14H17NO3S/c1-5-6-13-14(2,3)11-9-10(19(16,17)18)7-8-12(11)15(13)4/h5-9H,1-4H3/p+1/b6-5+. The predicted octanol–water partition coefficient (Wildman–Crippen LogP) is 2.52. The number of rotatable bonds is 2. The van der Waals surface area contributed by atoms with Crippen molar-refractivity contribution in [2.24, 2.45) is 0 Å². The first-order valence-corrected chi connectivity index (χ1v) is 7.49. The van der Waals surface area contributed by atoms with Crippen molar-refractivity contribution in [3.05, 3.63) is 35.9 Å². The van der Waals surface area contributed by atoms with E-state index >= 15 is 0 Å². The van der Waals surface area contributed by atoms with E-state index in [9.17, 15) is 8.42 Å². The molecule has 1 N–H and O–H groups in total. The zero-order valence-electron chi connectivity index (χ0n) is 11.5. The summed E-state index contributed by atoms with van der Waals surface area (Å²) in [5, 5.41) is 0. The first-order valence-electron chi connectivity index (χ1n) is 6.05. The summed E-state index contributed by atoms with van der Waals surface area (Å²) < 4.78 is 33.7. The van der Waals surface area contributed by atoms with Crippen LogP contribution >= 0.6 is 0 Å². The van der Waals surface area contributed by atoms with E-state index in [1.54, 1.807) is 12.1 Å². The molecule has 5 heteroatoms. The largest absolute Gasteiger partial charge is 0.294 e. The molecule has 0 saturated carbocycles. The second kappa shape index (κ2) is 4.28. The Morgan fingerprint density at radius 3 is 2.47 bits per heavy atom. The Morgan fingerprint density at radius 1 is 1.32 bits per heavy atom. The van der Waals surface area contributed by atoms with Crippen molar-refractivity contribution in [1.29, 1.82) is 0 Å². The van der Waals surface area contributed by atoms with Gasteiger partial charge < -0.3 is 0 Å². The molecule has 102 valence electrons. The maximum Gasteiger partial charge on any atom is 0.294 e. The Hall–Kier alpha value is -1.46. The van der Waals surface area contributed by atoms with Crippen LogP contribution in [0.5, 0.6) is 0 Å². The van der Waals surface area contributed by atoms with E-state index in [0.717, 1.165) is 17.0 Å². The van der Waals surface area contributed by atoms with Crippen molar-refractivity contribution in [3.8, 4) is 0 Å². The van der Waals surface area contributed by atoms with E-state index in [4.69, 9.17) is 4.55 Å². The third-order valence-electron chi connectivity index (χ3n) is 3.63. The van der Waals surface area contributed by atoms with Crippen molar-refractivity contribution < 1.29 is 17.5 Å². The van der Waals surface area contributed by atoms with E-state index in [2.05, 4.69) is 0 Å². The molecule has 0 saturated heterocycles. The van der Waals surface area contributed by atoms with Gasteiger partial charge in [0.15, 0.2) is 5.71 Å². The van der Waals surface area contributed by atoms with Crippen molar-refractivity contribution in [3.63, 3.8) is 0 Å². The van der Waals surface area contributed by atoms with Gasteiger partial charge in [-0.05, 0) is 32.9 Å². The maximum absolute atomic E-state index is 11.3. The normalized spacial score (nSPS) is 18.2. The van der Waals surface area contributed by atoms with Crippen molar-refractivity contribution in [1.82, 2.24) is 0 Å². The van der Waals surface area contributed by atoms with Crippen LogP contribution in [0.1, 0.15) is 26.3 Å². The summed E-state index contributed by atoms with van der Waals surface area (Å²) in [6.45, 7) is 6.03. The number of nitrogens with zero attached hydrogens (tertiary/aromatic N) is 1. The van der Waals surface area contributed by atoms with Gasteiger partial charge in [-0.15, -0.1) is 0 Å². The summed E-state index contributed by atoms with van der Waals surface area (Å²) >= 11 is 0. The quantitative estimate of drug-likeness (QED) is 0.669. The average Bonchev–Trinajstić information content (AvgIpc) is 2.50. The SMILES string of the molecule is C/C=C/C1=[N+](C)c2ccc(S(=O)(=O)O)cc2C1(C)C. The second-order valence-electron chi connectivity index (χ2n) is 5.22. The average molecular weight is 280 g/mol. The highest BCUT2D eigenvalue weighted by molar-refractivity contribution is 7.85. The molecule has 1 heterocycles. The maximum atomic E-state index is 11.3. The zero-order chi connectivity index (χ0) is 14.4. The molecule has 1 aromatic rings. The van der Waals surface area contributed by atoms with Gasteiger partial charge in [0, 0.05) is 17.7 Å². The molecule has 0 fully saturated rings. The van der Waals surface area contributed by atoms with Crippen LogP contribution in [-0.2, 0) is 15.5 Å². The first-order chi connectivity index (χ1) is 8.69. The van der Waals surface area contributed by atoms with Gasteiger partial charge in [0.05, 0.1) is 10.3 Å². The number of hydrogen-bond acceptors (Lipinski definition) is 2. The Morgan fingerprint density at radius 2 is 1.95 bits per heavy atom. The van der Waals surface area contributed by atoms with Crippen LogP contribution in [0, 0.1) is 0 Å². The van der Waals surface area contributed by atoms with Gasteiger partial charge >= 0.3 is 0 Å². The molecule has 0 amide bonds. The molecule has 0 aromatic heterocycles. The lowest BCUT2D eigenvalue weighted by molar-refractivity contribution is -0.401. The van der Waals surface area contributed by atoms with E-state index in [1.807, 2.05) is 44.5 Å². The predicted molar refractivity (Wildman–Crippen MR) is 74.9 cm³/mol. The molecular weight excluding hydrogens is 262 g/mol. The van der Waals surface area contributed by atoms with Crippen LogP contribution in [0.4, 0.5) is 5.69 Å². The fourth-order valence-corrected chi connectivity index (χ4v) is 3.14. The molecular formula is C14H18NO3S+. The fourth-order valence-electron chi connectivity index (χ4n) is 2.63. The molecule has 1 aromatic carbocycles. The van der Waals surface area contributed by atoms with Crippen LogP contribution in [0.3, 0.4) is 0 Å². The molecule has 0 unspecified atom stereocenters. The van der Waals surface area contributed by atoms with Crippen LogP contribution in [0.2, 0.25) is 0 Å². The van der Waals surface area contributed by atoms with Crippen LogP contribution in [-0.4, -0.2) is 30.3 Å². The minimum absolute atomic E-state index is 0.0607. The monoisotopic (exact) mass is 280 g/mol. The molecule has 0 bridgehead atoms. The van der Waals surface area contributed by atoms with Crippen LogP contribution in [0.25, 0.3) is 0 Å². The topological polar surface area (TPSA) is 57.4 Å². The lowest BCUT2D eigenvalue weighted by Crippen LogP contribution is -2.26. The summed E-state index contributed by atoms with van der Waals surface area (Å²) in [6, 6.07) is 4.72. The first kappa shape index (κ1) is 14.0. The Balaban J connectivity index is 2.70. The van der Waals surface area contributed by atoms with Gasteiger partial charge in [-0.3, -0.25) is 4.55 Å². The van der Waals surface area contributed by atoms with Gasteiger partial charge in [0.25, 0.3) is 10.1 Å². The molecule has 2 rings (SSSR count). The van der Waals surface area contributed by atoms with Gasteiger partial charge in [-0.2, -0.15) is 13.0 Å². The van der Waals surface area contributed by atoms with Crippen molar-refractivity contribution >= 4 is 21.5 Å². The Kier molecular flexibility index (Phi) is 3.15. The molecule has 0 radical (unpaired) electrons. The summed E-state index contributed by atoms with van der Waals surface area (Å²) in [6.07, 6.45) is 3.98. The van der Waals surface area contributed by atoms with Gasteiger partial charge in [0.2, 0.25) is 5.69 Å². The summed E-state index contributed by atoms with van der Waals surface area (Å²) in [4.78, 5) is -0.0607. The fraction of sp³-hybridized carbons (Fsp3) is 0.357. The lowest BCUT2D eigenvalue weighted by Gasteiger charge is -2.15. The van der Waals surface area contributed by atoms with E-state index in [0.29, 0.717) is 0 Å². The molecule has 19 heavy (non-hydrogen) atoms. The minimum atomic E-state index is -4.17. The number of fused-ring (bicyclic) bond motifs is 1. The minimum Gasteiger partial charge on any atom is -0.282 e. The van der Waals surface area contributed by atoms with Gasteiger partial charge in [-0.1, -0.05) is 6.08 Å². The van der Waals surface area contributed by atoms with Crippen molar-refractivity contribution in [2.75, 3.05) is 7.05 Å². The number of benzene rings is 1. The molecule has 0 aliphatic carbocycles. The van der Waals surface area contributed by atoms with Gasteiger partial charge in [-0.25, -0.2) is 0 Å². The van der Waals surface area contributed by atoms with E-state index in [-0.39, 0.29) is 10.3 Å². The smallest absolute Gasteiger partial charge is 0.282 e. The van der Waals surface area contributed by atoms with Crippen molar-refractivity contribution in [2.45, 2.75) is 31.1 Å². The van der Waals surface area contributed by atoms with Crippen LogP contribution in [0.15, 0.2) is 35.2 Å². The summed E-state index contributed by atoms with van der Waals surface area (Å²) in [5.41, 5.74) is 2.67. The summed E-state index contributed by atoms with van der Waals surface area (Å²) in [5.74, 6) is 0. The Bertz CT molecular complexity index is 697.